The van der Waals surface area contributed by atoms with Crippen molar-refractivity contribution in [2.75, 3.05) is 0 Å². The van der Waals surface area contributed by atoms with Crippen molar-refractivity contribution in [3.8, 4) is 11.3 Å². The molecule has 4 heteroatoms. The summed E-state index contributed by atoms with van der Waals surface area (Å²) in [6, 6.07) is 21.7. The number of carbonyl (C=O) groups is 2. The molecule has 1 aromatic heterocycles. The van der Waals surface area contributed by atoms with Crippen molar-refractivity contribution in [3.63, 3.8) is 0 Å². The number of rotatable bonds is 2. The molecule has 4 nitrogen and oxygen atoms in total. The van der Waals surface area contributed by atoms with Crippen LogP contribution in [0.5, 0.6) is 0 Å². The van der Waals surface area contributed by atoms with E-state index in [1.54, 1.807) is 36.4 Å². The first-order chi connectivity index (χ1) is 12.7. The van der Waals surface area contributed by atoms with Gasteiger partial charge in [-0.1, -0.05) is 54.6 Å². The van der Waals surface area contributed by atoms with Gasteiger partial charge < -0.3 is 0 Å². The summed E-state index contributed by atoms with van der Waals surface area (Å²) in [6.07, 6.45) is 0. The van der Waals surface area contributed by atoms with Crippen LogP contribution in [0.1, 0.15) is 32.0 Å². The molecular weight excluding hydrogens is 324 g/mol. The zero-order valence-electron chi connectivity index (χ0n) is 13.6. The van der Waals surface area contributed by atoms with E-state index in [0.717, 1.165) is 5.56 Å². The predicted molar refractivity (Wildman–Crippen MR) is 98.3 cm³/mol. The van der Waals surface area contributed by atoms with E-state index < -0.39 is 0 Å². The highest BCUT2D eigenvalue weighted by molar-refractivity contribution is 6.20. The molecule has 5 rings (SSSR count). The van der Waals surface area contributed by atoms with E-state index in [2.05, 4.69) is 9.97 Å². The van der Waals surface area contributed by atoms with Crippen molar-refractivity contribution in [1.29, 1.82) is 0 Å². The molecule has 0 saturated carbocycles. The van der Waals surface area contributed by atoms with Crippen LogP contribution in [0.3, 0.4) is 0 Å². The molecule has 1 aliphatic rings. The Morgan fingerprint density at radius 1 is 0.654 bits per heavy atom. The molecule has 1 aliphatic carbocycles. The van der Waals surface area contributed by atoms with Gasteiger partial charge in [-0.05, 0) is 18.2 Å². The second kappa shape index (κ2) is 5.43. The molecule has 0 bridgehead atoms. The van der Waals surface area contributed by atoms with E-state index in [-0.39, 0.29) is 11.6 Å². The molecule has 4 aromatic rings. The van der Waals surface area contributed by atoms with Crippen molar-refractivity contribution >= 4 is 22.6 Å². The van der Waals surface area contributed by atoms with Gasteiger partial charge in [0.25, 0.3) is 0 Å². The Hall–Kier alpha value is -3.66. The van der Waals surface area contributed by atoms with Crippen molar-refractivity contribution in [2.24, 2.45) is 0 Å². The van der Waals surface area contributed by atoms with Crippen molar-refractivity contribution in [1.82, 2.24) is 9.97 Å². The number of aromatic nitrogens is 2. The highest BCUT2D eigenvalue weighted by Crippen LogP contribution is 2.35. The van der Waals surface area contributed by atoms with Crippen LogP contribution in [0.4, 0.5) is 0 Å². The number of ketones is 2. The second-order valence-corrected chi connectivity index (χ2v) is 6.19. The van der Waals surface area contributed by atoms with E-state index >= 15 is 0 Å². The summed E-state index contributed by atoms with van der Waals surface area (Å²) in [7, 11) is 0. The Kier molecular flexibility index (Phi) is 3.06. The summed E-state index contributed by atoms with van der Waals surface area (Å²) in [5.74, 6) is -0.166. The summed E-state index contributed by atoms with van der Waals surface area (Å²) in [6.45, 7) is 0. The minimum atomic E-state index is -0.102. The number of nitrogens with zero attached hydrogens (tertiary/aromatic N) is 2. The molecule has 0 amide bonds. The van der Waals surface area contributed by atoms with E-state index in [0.29, 0.717) is 39.1 Å². The number of fused-ring (bicyclic) bond motifs is 4. The molecule has 0 spiro atoms. The Labute approximate surface area is 149 Å². The molecule has 3 aromatic carbocycles. The Balaban J connectivity index is 1.67. The first-order valence-electron chi connectivity index (χ1n) is 8.28. The Morgan fingerprint density at radius 2 is 1.35 bits per heavy atom. The second-order valence-electron chi connectivity index (χ2n) is 6.19. The van der Waals surface area contributed by atoms with Crippen LogP contribution in [-0.2, 0) is 0 Å². The molecule has 0 atom stereocenters. The average molecular weight is 336 g/mol. The lowest BCUT2D eigenvalue weighted by molar-refractivity contribution is 0.103. The topological polar surface area (TPSA) is 59.9 Å². The summed E-state index contributed by atoms with van der Waals surface area (Å²) in [5.41, 5.74) is 4.77. The molecule has 0 fully saturated rings. The number of hydrogen-bond acceptors (Lipinski definition) is 4. The lowest BCUT2D eigenvalue weighted by atomic mass is 10.0. The van der Waals surface area contributed by atoms with Gasteiger partial charge in [0.15, 0.2) is 5.78 Å². The van der Waals surface area contributed by atoms with E-state index in [1.807, 2.05) is 36.4 Å². The minimum absolute atomic E-state index is 0.0636. The molecule has 0 saturated heterocycles. The van der Waals surface area contributed by atoms with Gasteiger partial charge in [0.1, 0.15) is 11.4 Å². The standard InChI is InChI=1S/C22H12N2O2/c25-21(13-6-2-1-3-7-13)14-10-11-17-18(12-14)24-19-15-8-4-5-9-16(15)22(26)20(19)23-17/h1-12H. The summed E-state index contributed by atoms with van der Waals surface area (Å²) >= 11 is 0. The first-order valence-corrected chi connectivity index (χ1v) is 8.28. The van der Waals surface area contributed by atoms with E-state index in [9.17, 15) is 9.59 Å². The lowest BCUT2D eigenvalue weighted by Crippen LogP contribution is -2.03. The normalized spacial score (nSPS) is 12.1. The average Bonchev–Trinajstić information content (AvgIpc) is 2.98. The van der Waals surface area contributed by atoms with Gasteiger partial charge in [0, 0.05) is 22.3 Å². The predicted octanol–water partition coefficient (Wildman–Crippen LogP) is 4.07. The molecule has 0 unspecified atom stereocenters. The highest BCUT2D eigenvalue weighted by Gasteiger charge is 2.29. The molecule has 0 radical (unpaired) electrons. The smallest absolute Gasteiger partial charge is 0.214 e. The third kappa shape index (κ3) is 2.09. The van der Waals surface area contributed by atoms with Crippen molar-refractivity contribution in [3.05, 3.63) is 95.2 Å². The van der Waals surface area contributed by atoms with Gasteiger partial charge in [0.2, 0.25) is 5.78 Å². The largest absolute Gasteiger partial charge is 0.289 e. The maximum atomic E-state index is 12.7. The van der Waals surface area contributed by atoms with E-state index in [1.165, 1.54) is 0 Å². The van der Waals surface area contributed by atoms with Crippen molar-refractivity contribution in [2.45, 2.75) is 0 Å². The third-order valence-electron chi connectivity index (χ3n) is 4.60. The number of carbonyl (C=O) groups excluding carboxylic acids is 2. The number of hydrogen-bond donors (Lipinski definition) is 0. The van der Waals surface area contributed by atoms with E-state index in [4.69, 9.17) is 0 Å². The van der Waals surface area contributed by atoms with Gasteiger partial charge in [-0.15, -0.1) is 0 Å². The molecule has 26 heavy (non-hydrogen) atoms. The van der Waals surface area contributed by atoms with Gasteiger partial charge >= 0.3 is 0 Å². The van der Waals surface area contributed by atoms with Crippen molar-refractivity contribution < 1.29 is 9.59 Å². The van der Waals surface area contributed by atoms with Crippen LogP contribution >= 0.6 is 0 Å². The maximum absolute atomic E-state index is 12.7. The first kappa shape index (κ1) is 14.7. The van der Waals surface area contributed by atoms with Crippen LogP contribution < -0.4 is 0 Å². The Morgan fingerprint density at radius 3 is 2.15 bits per heavy atom. The fourth-order valence-electron chi connectivity index (χ4n) is 3.31. The molecule has 1 heterocycles. The van der Waals surface area contributed by atoms with Crippen LogP contribution in [0.2, 0.25) is 0 Å². The zero-order chi connectivity index (χ0) is 17.7. The van der Waals surface area contributed by atoms with Crippen LogP contribution in [0.15, 0.2) is 72.8 Å². The van der Waals surface area contributed by atoms with Gasteiger partial charge in [-0.25, -0.2) is 9.97 Å². The lowest BCUT2D eigenvalue weighted by Gasteiger charge is -2.05. The van der Waals surface area contributed by atoms with Gasteiger partial charge in [-0.2, -0.15) is 0 Å². The quantitative estimate of drug-likeness (QED) is 0.456. The maximum Gasteiger partial charge on any atom is 0.214 e. The minimum Gasteiger partial charge on any atom is -0.289 e. The summed E-state index contributed by atoms with van der Waals surface area (Å²) in [4.78, 5) is 34.4. The molecule has 0 aliphatic heterocycles. The molecule has 0 N–H and O–H groups in total. The monoisotopic (exact) mass is 336 g/mol. The van der Waals surface area contributed by atoms with Gasteiger partial charge in [0.05, 0.1) is 11.0 Å². The molecule has 122 valence electrons. The fourth-order valence-corrected chi connectivity index (χ4v) is 3.31. The fraction of sp³-hybridized carbons (Fsp3) is 0. The SMILES string of the molecule is O=C(c1ccccc1)c1ccc2nc3c(nc2c1)-c1ccccc1C3=O. The van der Waals surface area contributed by atoms with Gasteiger partial charge in [-0.3, -0.25) is 9.59 Å². The summed E-state index contributed by atoms with van der Waals surface area (Å²) < 4.78 is 0. The summed E-state index contributed by atoms with van der Waals surface area (Å²) in [5, 5.41) is 0. The number of benzene rings is 3. The van der Waals surface area contributed by atoms with Crippen LogP contribution in [-0.4, -0.2) is 21.5 Å². The van der Waals surface area contributed by atoms with Crippen LogP contribution in [0.25, 0.3) is 22.3 Å². The highest BCUT2D eigenvalue weighted by atomic mass is 16.1. The van der Waals surface area contributed by atoms with Crippen LogP contribution in [0, 0.1) is 0 Å². The Bertz CT molecular complexity index is 1210. The third-order valence-corrected chi connectivity index (χ3v) is 4.60. The molecular formula is C22H12N2O2. The zero-order valence-corrected chi connectivity index (χ0v) is 13.6.